The van der Waals surface area contributed by atoms with Gasteiger partial charge in [-0.05, 0) is 19.9 Å². The van der Waals surface area contributed by atoms with Crippen molar-refractivity contribution in [2.75, 3.05) is 26.7 Å². The lowest BCUT2D eigenvalue weighted by Crippen LogP contribution is -2.48. The number of carbonyl (C=O) groups excluding carboxylic acids is 1. The molecule has 2 atom stereocenters. The standard InChI is InChI=1S/C11H20N2O4/c1-8(14)12-10(11(15)16)7-13(2)6-9-4-3-5-17-9/h9-10H,3-7H2,1-2H3,(H,12,14)(H,15,16). The predicted molar refractivity (Wildman–Crippen MR) is 61.7 cm³/mol. The highest BCUT2D eigenvalue weighted by atomic mass is 16.5. The number of aliphatic carboxylic acids is 1. The number of carboxylic acid groups (broad SMARTS) is 1. The number of ether oxygens (including phenoxy) is 1. The minimum absolute atomic E-state index is 0.187. The molecule has 2 unspecified atom stereocenters. The van der Waals surface area contributed by atoms with Crippen LogP contribution in [-0.2, 0) is 14.3 Å². The normalized spacial score (nSPS) is 21.5. The number of rotatable bonds is 6. The molecule has 1 amide bonds. The fraction of sp³-hybridized carbons (Fsp3) is 0.818. The second-order valence-corrected chi connectivity index (χ2v) is 4.45. The van der Waals surface area contributed by atoms with Crippen LogP contribution in [0.3, 0.4) is 0 Å². The van der Waals surface area contributed by atoms with E-state index in [0.717, 1.165) is 19.4 Å². The number of carbonyl (C=O) groups is 2. The summed E-state index contributed by atoms with van der Waals surface area (Å²) in [4.78, 5) is 23.7. The minimum atomic E-state index is -1.01. The van der Waals surface area contributed by atoms with Crippen molar-refractivity contribution in [1.29, 1.82) is 0 Å². The van der Waals surface area contributed by atoms with Crippen LogP contribution in [0.15, 0.2) is 0 Å². The zero-order valence-electron chi connectivity index (χ0n) is 10.3. The molecule has 0 radical (unpaired) electrons. The zero-order chi connectivity index (χ0) is 12.8. The molecule has 17 heavy (non-hydrogen) atoms. The Balaban J connectivity index is 2.37. The Morgan fingerprint density at radius 2 is 2.29 bits per heavy atom. The quantitative estimate of drug-likeness (QED) is 0.670. The van der Waals surface area contributed by atoms with E-state index in [1.54, 1.807) is 0 Å². The number of hydrogen-bond donors (Lipinski definition) is 2. The molecule has 1 aliphatic heterocycles. The van der Waals surface area contributed by atoms with Gasteiger partial charge in [-0.1, -0.05) is 0 Å². The van der Waals surface area contributed by atoms with Gasteiger partial charge < -0.3 is 20.1 Å². The van der Waals surface area contributed by atoms with Gasteiger partial charge in [0.25, 0.3) is 0 Å². The van der Waals surface area contributed by atoms with Crippen LogP contribution in [0.4, 0.5) is 0 Å². The largest absolute Gasteiger partial charge is 0.480 e. The van der Waals surface area contributed by atoms with Crippen LogP contribution in [0.25, 0.3) is 0 Å². The number of carboxylic acids is 1. The molecule has 0 spiro atoms. The highest BCUT2D eigenvalue weighted by Gasteiger charge is 2.23. The van der Waals surface area contributed by atoms with E-state index in [0.29, 0.717) is 6.54 Å². The Kier molecular flexibility index (Phi) is 5.37. The fourth-order valence-corrected chi connectivity index (χ4v) is 1.95. The molecule has 1 heterocycles. The van der Waals surface area contributed by atoms with Crippen LogP contribution in [-0.4, -0.2) is 60.8 Å². The molecule has 1 rings (SSSR count). The third-order valence-electron chi connectivity index (χ3n) is 2.71. The lowest BCUT2D eigenvalue weighted by molar-refractivity contribution is -0.142. The van der Waals surface area contributed by atoms with Crippen molar-refractivity contribution in [1.82, 2.24) is 10.2 Å². The Morgan fingerprint density at radius 3 is 2.76 bits per heavy atom. The van der Waals surface area contributed by atoms with Gasteiger partial charge >= 0.3 is 5.97 Å². The van der Waals surface area contributed by atoms with E-state index < -0.39 is 12.0 Å². The number of nitrogens with zero attached hydrogens (tertiary/aromatic N) is 1. The highest BCUT2D eigenvalue weighted by Crippen LogP contribution is 2.12. The van der Waals surface area contributed by atoms with Crippen molar-refractivity contribution in [2.45, 2.75) is 31.9 Å². The van der Waals surface area contributed by atoms with E-state index in [-0.39, 0.29) is 18.6 Å². The number of amides is 1. The van der Waals surface area contributed by atoms with Gasteiger partial charge in [0.2, 0.25) is 5.91 Å². The van der Waals surface area contributed by atoms with E-state index in [1.807, 2.05) is 11.9 Å². The second-order valence-electron chi connectivity index (χ2n) is 4.45. The van der Waals surface area contributed by atoms with Gasteiger partial charge in [-0.25, -0.2) is 4.79 Å². The van der Waals surface area contributed by atoms with Crippen molar-refractivity contribution in [2.24, 2.45) is 0 Å². The van der Waals surface area contributed by atoms with Crippen LogP contribution in [0.2, 0.25) is 0 Å². The van der Waals surface area contributed by atoms with Crippen molar-refractivity contribution >= 4 is 11.9 Å². The van der Waals surface area contributed by atoms with Crippen molar-refractivity contribution in [3.05, 3.63) is 0 Å². The second kappa shape index (κ2) is 6.56. The van der Waals surface area contributed by atoms with Gasteiger partial charge in [0.1, 0.15) is 6.04 Å². The lowest BCUT2D eigenvalue weighted by atomic mass is 10.2. The Hall–Kier alpha value is -1.14. The molecule has 1 aliphatic rings. The molecule has 6 heteroatoms. The highest BCUT2D eigenvalue weighted by molar-refractivity contribution is 5.82. The summed E-state index contributed by atoms with van der Waals surface area (Å²) >= 11 is 0. The summed E-state index contributed by atoms with van der Waals surface area (Å²) < 4.78 is 5.47. The third kappa shape index (κ3) is 5.14. The van der Waals surface area contributed by atoms with Crippen LogP contribution in [0, 0.1) is 0 Å². The molecule has 98 valence electrons. The van der Waals surface area contributed by atoms with E-state index >= 15 is 0 Å². The molecule has 6 nitrogen and oxygen atoms in total. The minimum Gasteiger partial charge on any atom is -0.480 e. The van der Waals surface area contributed by atoms with Crippen molar-refractivity contribution in [3.63, 3.8) is 0 Å². The van der Waals surface area contributed by atoms with Gasteiger partial charge in [-0.2, -0.15) is 0 Å². The first-order valence-corrected chi connectivity index (χ1v) is 5.79. The van der Waals surface area contributed by atoms with E-state index in [1.165, 1.54) is 6.92 Å². The van der Waals surface area contributed by atoms with Gasteiger partial charge in [0.05, 0.1) is 6.10 Å². The maximum Gasteiger partial charge on any atom is 0.327 e. The van der Waals surface area contributed by atoms with Gasteiger partial charge in [-0.15, -0.1) is 0 Å². The third-order valence-corrected chi connectivity index (χ3v) is 2.71. The summed E-state index contributed by atoms with van der Waals surface area (Å²) in [5.41, 5.74) is 0. The van der Waals surface area contributed by atoms with E-state index in [4.69, 9.17) is 9.84 Å². The monoisotopic (exact) mass is 244 g/mol. The maximum atomic E-state index is 10.9. The van der Waals surface area contributed by atoms with Crippen LogP contribution in [0.1, 0.15) is 19.8 Å². The lowest BCUT2D eigenvalue weighted by Gasteiger charge is -2.24. The van der Waals surface area contributed by atoms with Crippen LogP contribution >= 0.6 is 0 Å². The van der Waals surface area contributed by atoms with Gasteiger partial charge in [0, 0.05) is 26.6 Å². The Labute approximate surface area is 101 Å². The maximum absolute atomic E-state index is 10.9. The van der Waals surface area contributed by atoms with Crippen LogP contribution < -0.4 is 5.32 Å². The summed E-state index contributed by atoms with van der Waals surface area (Å²) in [6.45, 7) is 3.08. The molecule has 0 bridgehead atoms. The van der Waals surface area contributed by atoms with E-state index in [9.17, 15) is 9.59 Å². The average Bonchev–Trinajstić information content (AvgIpc) is 2.68. The molecule has 0 aromatic heterocycles. The summed E-state index contributed by atoms with van der Waals surface area (Å²) in [6, 6.07) is -0.862. The summed E-state index contributed by atoms with van der Waals surface area (Å²) in [5.74, 6) is -1.35. The SMILES string of the molecule is CC(=O)NC(CN(C)CC1CCCO1)C(=O)O. The smallest absolute Gasteiger partial charge is 0.327 e. The first-order chi connectivity index (χ1) is 7.99. The summed E-state index contributed by atoms with van der Waals surface area (Å²) in [6.07, 6.45) is 2.26. The molecular formula is C11H20N2O4. The molecule has 2 N–H and O–H groups in total. The van der Waals surface area contributed by atoms with Gasteiger partial charge in [0.15, 0.2) is 0 Å². The molecule has 1 saturated heterocycles. The molecular weight excluding hydrogens is 224 g/mol. The summed E-state index contributed by atoms with van der Waals surface area (Å²) in [7, 11) is 1.83. The Bertz CT molecular complexity index is 277. The Morgan fingerprint density at radius 1 is 1.59 bits per heavy atom. The molecule has 0 aromatic carbocycles. The van der Waals surface area contributed by atoms with Gasteiger partial charge in [-0.3, -0.25) is 4.79 Å². The first-order valence-electron chi connectivity index (χ1n) is 5.79. The predicted octanol–water partition coefficient (Wildman–Crippen LogP) is -0.313. The molecule has 1 fully saturated rings. The van der Waals surface area contributed by atoms with Crippen molar-refractivity contribution in [3.8, 4) is 0 Å². The topological polar surface area (TPSA) is 78.9 Å². The molecule has 0 aliphatic carbocycles. The van der Waals surface area contributed by atoms with Crippen LogP contribution in [0.5, 0.6) is 0 Å². The first kappa shape index (κ1) is 13.9. The molecule has 0 saturated carbocycles. The zero-order valence-corrected chi connectivity index (χ0v) is 10.3. The summed E-state index contributed by atoms with van der Waals surface area (Å²) in [5, 5.41) is 11.4. The average molecular weight is 244 g/mol. The number of hydrogen-bond acceptors (Lipinski definition) is 4. The number of nitrogens with one attached hydrogen (secondary N) is 1. The fourth-order valence-electron chi connectivity index (χ4n) is 1.95. The molecule has 0 aromatic rings. The number of likely N-dealkylation sites (N-methyl/N-ethyl adjacent to an activating group) is 1. The van der Waals surface area contributed by atoms with E-state index in [2.05, 4.69) is 5.32 Å². The van der Waals surface area contributed by atoms with Crippen molar-refractivity contribution < 1.29 is 19.4 Å².